The van der Waals surface area contributed by atoms with Crippen LogP contribution >= 0.6 is 0 Å². The summed E-state index contributed by atoms with van der Waals surface area (Å²) in [5.41, 5.74) is -0.591. The number of carboxylic acid groups (broad SMARTS) is 2. The van der Waals surface area contributed by atoms with Crippen molar-refractivity contribution in [2.45, 2.75) is 180 Å². The van der Waals surface area contributed by atoms with Crippen LogP contribution in [0.25, 0.3) is 0 Å². The van der Waals surface area contributed by atoms with Crippen molar-refractivity contribution >= 4 is 18.2 Å². The summed E-state index contributed by atoms with van der Waals surface area (Å²) >= 11 is 0. The maximum Gasteiger partial charge on any atom is 0.335 e. The van der Waals surface area contributed by atoms with Gasteiger partial charge >= 0.3 is 11.9 Å². The number of carbonyl (C=O) groups is 3. The highest BCUT2D eigenvalue weighted by molar-refractivity contribution is 5.74. The summed E-state index contributed by atoms with van der Waals surface area (Å²) in [6.45, 7) is 15.5. The van der Waals surface area contributed by atoms with E-state index in [1.165, 1.54) is 11.9 Å². The van der Waals surface area contributed by atoms with Gasteiger partial charge in [-0.1, -0.05) is 60.1 Å². The Hall–Kier alpha value is -2.05. The molecule has 15 nitrogen and oxygen atoms in total. The Labute approximate surface area is 333 Å². The fraction of sp³-hybridized carbons (Fsp3) is 0.881. The average molecular weight is 809 g/mol. The Balaban J connectivity index is 1.17. The Bertz CT molecular complexity index is 1630. The quantitative estimate of drug-likeness (QED) is 0.104. The van der Waals surface area contributed by atoms with E-state index < -0.39 is 90.3 Å². The Kier molecular flexibility index (Phi) is 10.8. The fourth-order valence-corrected chi connectivity index (χ4v) is 13.4. The molecule has 7 rings (SSSR count). The van der Waals surface area contributed by atoms with Crippen LogP contribution in [0.5, 0.6) is 0 Å². The molecule has 7 aliphatic rings. The lowest BCUT2D eigenvalue weighted by Gasteiger charge is -2.71. The highest BCUT2D eigenvalue weighted by Crippen LogP contribution is 2.75. The average Bonchev–Trinajstić information content (AvgIpc) is 3.12. The molecule has 0 amide bonds. The molecule has 2 aliphatic heterocycles. The normalized spacial score (nSPS) is 52.9. The lowest BCUT2D eigenvalue weighted by atomic mass is 9.33. The van der Waals surface area contributed by atoms with Crippen molar-refractivity contribution < 1.29 is 74.2 Å². The van der Waals surface area contributed by atoms with E-state index in [1.54, 1.807) is 0 Å². The van der Waals surface area contributed by atoms with Crippen molar-refractivity contribution in [3.8, 4) is 0 Å². The van der Waals surface area contributed by atoms with Gasteiger partial charge in [-0.15, -0.1) is 0 Å². The van der Waals surface area contributed by atoms with Gasteiger partial charge in [-0.3, -0.25) is 0 Å². The summed E-state index contributed by atoms with van der Waals surface area (Å²) in [5, 5.41) is 84.3. The first-order chi connectivity index (χ1) is 26.4. The van der Waals surface area contributed by atoms with Gasteiger partial charge in [0.25, 0.3) is 0 Å². The van der Waals surface area contributed by atoms with E-state index in [0.29, 0.717) is 19.3 Å². The molecule has 322 valence electrons. The Morgan fingerprint density at radius 1 is 0.719 bits per heavy atom. The molecule has 2 heterocycles. The molecular formula is C42H64O15. The van der Waals surface area contributed by atoms with E-state index >= 15 is 0 Å². The third-order valence-electron chi connectivity index (χ3n) is 17.1. The van der Waals surface area contributed by atoms with Crippen molar-refractivity contribution in [3.63, 3.8) is 0 Å². The number of carbonyl (C=O) groups excluding carboxylic acids is 1. The van der Waals surface area contributed by atoms with Crippen molar-refractivity contribution in [1.29, 1.82) is 0 Å². The molecule has 0 spiro atoms. The summed E-state index contributed by atoms with van der Waals surface area (Å²) in [6.07, 6.45) is -10.2. The van der Waals surface area contributed by atoms with Crippen LogP contribution < -0.4 is 0 Å². The molecule has 19 atom stereocenters. The van der Waals surface area contributed by atoms with Gasteiger partial charge in [0.05, 0.1) is 12.2 Å². The number of carboxylic acids is 2. The van der Waals surface area contributed by atoms with Crippen LogP contribution in [0.1, 0.15) is 106 Å². The molecule has 0 radical (unpaired) electrons. The summed E-state index contributed by atoms with van der Waals surface area (Å²) in [4.78, 5) is 37.8. The third kappa shape index (κ3) is 6.31. The van der Waals surface area contributed by atoms with Crippen LogP contribution in [-0.4, -0.2) is 133 Å². The minimum absolute atomic E-state index is 0.00309. The minimum Gasteiger partial charge on any atom is -0.479 e. The molecule has 4 saturated carbocycles. The molecule has 2 saturated heterocycles. The number of fused-ring (bicyclic) bond motifs is 7. The molecular weight excluding hydrogens is 744 g/mol. The van der Waals surface area contributed by atoms with Crippen LogP contribution in [0.15, 0.2) is 11.6 Å². The largest absolute Gasteiger partial charge is 0.479 e. The summed E-state index contributed by atoms with van der Waals surface area (Å²) in [6, 6.07) is 0. The smallest absolute Gasteiger partial charge is 0.335 e. The number of aliphatic hydroxyl groups excluding tert-OH is 6. The second kappa shape index (κ2) is 14.3. The minimum atomic E-state index is -2.04. The molecule has 57 heavy (non-hydrogen) atoms. The monoisotopic (exact) mass is 808 g/mol. The molecule has 15 heteroatoms. The van der Waals surface area contributed by atoms with Gasteiger partial charge in [0, 0.05) is 10.8 Å². The van der Waals surface area contributed by atoms with Crippen molar-refractivity contribution in [2.24, 2.45) is 50.2 Å². The summed E-state index contributed by atoms with van der Waals surface area (Å²) < 4.78 is 23.4. The zero-order valence-electron chi connectivity index (χ0n) is 34.1. The number of rotatable bonds is 7. The van der Waals surface area contributed by atoms with Crippen LogP contribution in [0, 0.1) is 50.2 Å². The first-order valence-electron chi connectivity index (χ1n) is 20.7. The molecule has 5 aliphatic carbocycles. The number of hydrogen-bond donors (Lipinski definition) is 8. The molecule has 6 fully saturated rings. The highest BCUT2D eigenvalue weighted by Gasteiger charge is 2.70. The van der Waals surface area contributed by atoms with E-state index in [2.05, 4.69) is 40.7 Å². The van der Waals surface area contributed by atoms with Crippen molar-refractivity contribution in [3.05, 3.63) is 11.6 Å². The number of aliphatic hydroxyl groups is 6. The van der Waals surface area contributed by atoms with Gasteiger partial charge in [0.1, 0.15) is 42.9 Å². The summed E-state index contributed by atoms with van der Waals surface area (Å²) in [7, 11) is 0. The first-order valence-corrected chi connectivity index (χ1v) is 20.7. The van der Waals surface area contributed by atoms with E-state index in [4.69, 9.17) is 18.9 Å². The van der Waals surface area contributed by atoms with Crippen LogP contribution in [0.2, 0.25) is 0 Å². The van der Waals surface area contributed by atoms with Gasteiger partial charge < -0.3 is 64.6 Å². The third-order valence-corrected chi connectivity index (χ3v) is 17.1. The predicted octanol–water partition coefficient (Wildman–Crippen LogP) is 2.15. The number of aldehydes is 1. The van der Waals surface area contributed by atoms with Gasteiger partial charge in [-0.25, -0.2) is 9.59 Å². The number of aliphatic carboxylic acids is 2. The van der Waals surface area contributed by atoms with Crippen molar-refractivity contribution in [1.82, 2.24) is 0 Å². The topological polar surface area (TPSA) is 250 Å². The van der Waals surface area contributed by atoms with Crippen LogP contribution in [0.4, 0.5) is 0 Å². The van der Waals surface area contributed by atoms with Crippen LogP contribution in [-0.2, 0) is 33.3 Å². The second-order valence-electron chi connectivity index (χ2n) is 20.7. The zero-order valence-corrected chi connectivity index (χ0v) is 34.1. The fourth-order valence-electron chi connectivity index (χ4n) is 13.4. The SMILES string of the molecule is CC1(C)CC2C3=CCC4[C@@]5(C=O)CC[C@H](O[C@@H]6O[C@H](C(=O)O)[C@@H](O)[C@H](O)[C@H]6O[C@@H]6O[C@H](C(=O)O)[C@@H](O)[C@H](O)[C@H]6O)C(C)(C)C5CC[C@@]4(C)[C@]3(C)CC[C@@]2(C)[C@H](O)C1. The standard InChI is InChI=1S/C42H64O15/c1-37(2)16-20-19-8-9-22-41(7,40(19,6)15-14-39(20,5)23(44)17-37)12-10-21-38(3,4)24(11-13-42(21,22)18-43)54-36-32(28(48)27(47)31(56-36)34(52)53)57-35-29(49)25(45)26(46)30(55-35)33(50)51/h8,18,20-32,35-36,44-49H,9-17H2,1-7H3,(H,50,51)(H,52,53)/t20?,21?,22?,23-,24+,25+,26+,27+,28+,29-,30+,31+,32-,35+,36-,39-,40-,41-,42-/m1/s1. The van der Waals surface area contributed by atoms with Gasteiger partial charge in [-0.2, -0.15) is 0 Å². The maximum absolute atomic E-state index is 13.8. The van der Waals surface area contributed by atoms with E-state index in [9.17, 15) is 55.2 Å². The lowest BCUT2D eigenvalue weighted by Crippen LogP contribution is -2.68. The van der Waals surface area contributed by atoms with Gasteiger partial charge in [0.15, 0.2) is 24.8 Å². The van der Waals surface area contributed by atoms with Gasteiger partial charge in [-0.05, 0) is 97.2 Å². The first kappa shape index (κ1) is 43.1. The molecule has 3 unspecified atom stereocenters. The van der Waals surface area contributed by atoms with E-state index in [0.717, 1.165) is 38.5 Å². The number of ether oxygens (including phenoxy) is 4. The Morgan fingerprint density at radius 2 is 1.33 bits per heavy atom. The van der Waals surface area contributed by atoms with E-state index in [1.807, 2.05) is 13.8 Å². The molecule has 0 aromatic heterocycles. The number of allylic oxidation sites excluding steroid dienone is 2. The molecule has 0 aromatic rings. The number of hydrogen-bond acceptors (Lipinski definition) is 13. The molecule has 0 bridgehead atoms. The Morgan fingerprint density at radius 3 is 1.95 bits per heavy atom. The predicted molar refractivity (Wildman–Crippen MR) is 199 cm³/mol. The maximum atomic E-state index is 13.8. The highest BCUT2D eigenvalue weighted by atomic mass is 16.8. The lowest BCUT2D eigenvalue weighted by molar-refractivity contribution is -0.371. The zero-order chi connectivity index (χ0) is 42.0. The van der Waals surface area contributed by atoms with E-state index in [-0.39, 0.29) is 45.5 Å². The summed E-state index contributed by atoms with van der Waals surface area (Å²) in [5.74, 6) is -3.16. The van der Waals surface area contributed by atoms with Gasteiger partial charge in [0.2, 0.25) is 0 Å². The molecule has 0 aromatic carbocycles. The van der Waals surface area contributed by atoms with Crippen molar-refractivity contribution in [2.75, 3.05) is 0 Å². The van der Waals surface area contributed by atoms with Crippen LogP contribution in [0.3, 0.4) is 0 Å². The second-order valence-corrected chi connectivity index (χ2v) is 20.7. The molecule has 8 N–H and O–H groups in total.